The van der Waals surface area contributed by atoms with Gasteiger partial charge in [0.2, 0.25) is 0 Å². The molecule has 2 saturated carbocycles. The van der Waals surface area contributed by atoms with E-state index in [1.807, 2.05) is 0 Å². The van der Waals surface area contributed by atoms with Gasteiger partial charge in [-0.1, -0.05) is 33.1 Å². The molecule has 0 amide bonds. The van der Waals surface area contributed by atoms with Crippen molar-refractivity contribution in [3.05, 3.63) is 0 Å². The number of rotatable bonds is 3. The number of nitrogens with one attached hydrogen (secondary N) is 1. The average Bonchev–Trinajstić information content (AvgIpc) is 2.05. The first-order valence-electron chi connectivity index (χ1n) is 6.86. The van der Waals surface area contributed by atoms with Crippen LogP contribution in [0.4, 0.5) is 0 Å². The molecule has 1 N–H and O–H groups in total. The van der Waals surface area contributed by atoms with Gasteiger partial charge in [0.25, 0.3) is 0 Å². The molecule has 0 aromatic heterocycles. The van der Waals surface area contributed by atoms with Gasteiger partial charge >= 0.3 is 0 Å². The van der Waals surface area contributed by atoms with E-state index in [1.54, 1.807) is 0 Å². The molecule has 0 aromatic rings. The third-order valence-electron chi connectivity index (χ3n) is 4.83. The maximum Gasteiger partial charge on any atom is 0.0121 e. The van der Waals surface area contributed by atoms with E-state index in [4.69, 9.17) is 0 Å². The van der Waals surface area contributed by atoms with E-state index in [1.165, 1.54) is 44.9 Å². The van der Waals surface area contributed by atoms with Crippen LogP contribution in [-0.2, 0) is 0 Å². The third-order valence-corrected chi connectivity index (χ3v) is 4.83. The van der Waals surface area contributed by atoms with Gasteiger partial charge in [0, 0.05) is 12.1 Å². The molecule has 2 aliphatic rings. The molecule has 0 saturated heterocycles. The largest absolute Gasteiger partial charge is 0.311 e. The second-order valence-corrected chi connectivity index (χ2v) is 6.43. The Labute approximate surface area is 95.0 Å². The van der Waals surface area contributed by atoms with Crippen molar-refractivity contribution in [2.75, 3.05) is 0 Å². The van der Waals surface area contributed by atoms with Crippen molar-refractivity contribution in [2.24, 2.45) is 11.3 Å². The highest BCUT2D eigenvalue weighted by molar-refractivity contribution is 4.91. The summed E-state index contributed by atoms with van der Waals surface area (Å²) in [7, 11) is 0. The summed E-state index contributed by atoms with van der Waals surface area (Å²) in [6.07, 6.45) is 10.0. The Kier molecular flexibility index (Phi) is 3.39. The van der Waals surface area contributed by atoms with Crippen LogP contribution in [0.2, 0.25) is 0 Å². The topological polar surface area (TPSA) is 12.0 Å². The molecule has 0 radical (unpaired) electrons. The van der Waals surface area contributed by atoms with Crippen molar-refractivity contribution in [3.8, 4) is 0 Å². The third kappa shape index (κ3) is 2.55. The van der Waals surface area contributed by atoms with Crippen LogP contribution in [0, 0.1) is 11.3 Å². The van der Waals surface area contributed by atoms with Crippen LogP contribution >= 0.6 is 0 Å². The molecule has 0 heterocycles. The van der Waals surface area contributed by atoms with Crippen LogP contribution in [0.3, 0.4) is 0 Å². The highest BCUT2D eigenvalue weighted by Crippen LogP contribution is 2.37. The van der Waals surface area contributed by atoms with Gasteiger partial charge in [-0.3, -0.25) is 0 Å². The highest BCUT2D eigenvalue weighted by Gasteiger charge is 2.34. The zero-order chi connectivity index (χ0) is 10.9. The van der Waals surface area contributed by atoms with E-state index >= 15 is 0 Å². The summed E-state index contributed by atoms with van der Waals surface area (Å²) in [5, 5.41) is 3.91. The van der Waals surface area contributed by atoms with E-state index in [2.05, 4.69) is 26.1 Å². The molecule has 15 heavy (non-hydrogen) atoms. The van der Waals surface area contributed by atoms with Crippen molar-refractivity contribution in [3.63, 3.8) is 0 Å². The zero-order valence-electron chi connectivity index (χ0n) is 10.7. The smallest absolute Gasteiger partial charge is 0.0121 e. The Bertz CT molecular complexity index is 205. The normalized spacial score (nSPS) is 33.4. The molecule has 2 atom stereocenters. The first kappa shape index (κ1) is 11.4. The second-order valence-electron chi connectivity index (χ2n) is 6.43. The summed E-state index contributed by atoms with van der Waals surface area (Å²) in [6, 6.07) is 1.52. The SMILES string of the molecule is CC(NC1CCCCC1(C)C)C1CCC1. The predicted octanol–water partition coefficient (Wildman–Crippen LogP) is 3.73. The maximum absolute atomic E-state index is 3.91. The first-order valence-corrected chi connectivity index (χ1v) is 6.86. The molecule has 0 aliphatic heterocycles. The van der Waals surface area contributed by atoms with Crippen molar-refractivity contribution < 1.29 is 0 Å². The molecule has 1 nitrogen and oxygen atoms in total. The molecule has 88 valence electrons. The van der Waals surface area contributed by atoms with E-state index in [0.29, 0.717) is 5.41 Å². The molecule has 2 aliphatic carbocycles. The van der Waals surface area contributed by atoms with Crippen LogP contribution in [0.5, 0.6) is 0 Å². The Morgan fingerprint density at radius 2 is 1.80 bits per heavy atom. The Morgan fingerprint density at radius 3 is 2.33 bits per heavy atom. The molecule has 2 rings (SSSR count). The van der Waals surface area contributed by atoms with Crippen molar-refractivity contribution in [1.82, 2.24) is 5.32 Å². The van der Waals surface area contributed by atoms with Gasteiger partial charge in [-0.25, -0.2) is 0 Å². The van der Waals surface area contributed by atoms with Crippen molar-refractivity contribution in [2.45, 2.75) is 77.8 Å². The van der Waals surface area contributed by atoms with Gasteiger partial charge in [-0.05, 0) is 43.9 Å². The summed E-state index contributed by atoms with van der Waals surface area (Å²) in [5.74, 6) is 0.975. The maximum atomic E-state index is 3.91. The standard InChI is InChI=1S/C14H27N/c1-11(12-7-6-8-12)15-13-9-4-5-10-14(13,2)3/h11-13,15H,4-10H2,1-3H3. The lowest BCUT2D eigenvalue weighted by Crippen LogP contribution is -2.50. The van der Waals surface area contributed by atoms with Crippen LogP contribution in [0.25, 0.3) is 0 Å². The summed E-state index contributed by atoms with van der Waals surface area (Å²) in [5.41, 5.74) is 0.524. The van der Waals surface area contributed by atoms with Gasteiger partial charge in [-0.15, -0.1) is 0 Å². The fraction of sp³-hybridized carbons (Fsp3) is 1.00. The fourth-order valence-corrected chi connectivity index (χ4v) is 3.20. The van der Waals surface area contributed by atoms with E-state index < -0.39 is 0 Å². The average molecular weight is 209 g/mol. The summed E-state index contributed by atoms with van der Waals surface area (Å²) >= 11 is 0. The Hall–Kier alpha value is -0.0400. The molecule has 0 bridgehead atoms. The lowest BCUT2D eigenvalue weighted by molar-refractivity contribution is 0.129. The highest BCUT2D eigenvalue weighted by atomic mass is 15.0. The van der Waals surface area contributed by atoms with Crippen molar-refractivity contribution in [1.29, 1.82) is 0 Å². The molecule has 1 heteroatoms. The zero-order valence-corrected chi connectivity index (χ0v) is 10.7. The second kappa shape index (κ2) is 4.45. The minimum Gasteiger partial charge on any atom is -0.311 e. The van der Waals surface area contributed by atoms with Crippen LogP contribution < -0.4 is 5.32 Å². The van der Waals surface area contributed by atoms with Crippen LogP contribution in [-0.4, -0.2) is 12.1 Å². The summed E-state index contributed by atoms with van der Waals surface area (Å²) in [6.45, 7) is 7.28. The van der Waals surface area contributed by atoms with Crippen LogP contribution in [0.15, 0.2) is 0 Å². The Balaban J connectivity index is 1.85. The number of hydrogen-bond donors (Lipinski definition) is 1. The van der Waals surface area contributed by atoms with Gasteiger partial charge < -0.3 is 5.32 Å². The van der Waals surface area contributed by atoms with Crippen molar-refractivity contribution >= 4 is 0 Å². The predicted molar refractivity (Wildman–Crippen MR) is 66.0 cm³/mol. The first-order chi connectivity index (χ1) is 7.09. The lowest BCUT2D eigenvalue weighted by Gasteiger charge is -2.43. The lowest BCUT2D eigenvalue weighted by atomic mass is 9.72. The van der Waals surface area contributed by atoms with E-state index in [0.717, 1.165) is 18.0 Å². The molecule has 0 spiro atoms. The Morgan fingerprint density at radius 1 is 1.07 bits per heavy atom. The molecular formula is C14H27N. The van der Waals surface area contributed by atoms with Gasteiger partial charge in [0.1, 0.15) is 0 Å². The van der Waals surface area contributed by atoms with Gasteiger partial charge in [-0.2, -0.15) is 0 Å². The monoisotopic (exact) mass is 209 g/mol. The van der Waals surface area contributed by atoms with Crippen LogP contribution in [0.1, 0.15) is 65.7 Å². The van der Waals surface area contributed by atoms with Gasteiger partial charge in [0.15, 0.2) is 0 Å². The van der Waals surface area contributed by atoms with E-state index in [9.17, 15) is 0 Å². The molecular weight excluding hydrogens is 182 g/mol. The summed E-state index contributed by atoms with van der Waals surface area (Å²) in [4.78, 5) is 0. The minimum atomic E-state index is 0.524. The summed E-state index contributed by atoms with van der Waals surface area (Å²) < 4.78 is 0. The molecule has 0 aromatic carbocycles. The van der Waals surface area contributed by atoms with Gasteiger partial charge in [0.05, 0.1) is 0 Å². The minimum absolute atomic E-state index is 0.524. The molecule has 2 fully saturated rings. The van der Waals surface area contributed by atoms with E-state index in [-0.39, 0.29) is 0 Å². The molecule has 2 unspecified atom stereocenters. The fourth-order valence-electron chi connectivity index (χ4n) is 3.20. The quantitative estimate of drug-likeness (QED) is 0.747. The number of hydrogen-bond acceptors (Lipinski definition) is 1.